The topological polar surface area (TPSA) is 95.8 Å². The van der Waals surface area contributed by atoms with Crippen LogP contribution in [0.4, 0.5) is 5.69 Å². The van der Waals surface area contributed by atoms with Gasteiger partial charge in [0.05, 0.1) is 11.5 Å². The molecule has 1 heterocycles. The largest absolute Gasteiger partial charge is 0.339 e. The number of nitro benzene ring substituents is 1. The standard InChI is InChI=1S/C15H20N4O4/c1-11-4-3-5-12(19(22)23)14(11)15(21)17(2)10-13(20)18-8-6-16-7-9-18/h3-5,16H,6-10H2,1-2H3. The Morgan fingerprint density at radius 2 is 2.00 bits per heavy atom. The molecule has 1 aliphatic heterocycles. The number of rotatable bonds is 4. The lowest BCUT2D eigenvalue weighted by molar-refractivity contribution is -0.385. The van der Waals surface area contributed by atoms with Gasteiger partial charge in [-0.05, 0) is 12.5 Å². The second kappa shape index (κ2) is 7.19. The molecule has 0 bridgehead atoms. The molecule has 8 nitrogen and oxygen atoms in total. The molecule has 0 aromatic heterocycles. The van der Waals surface area contributed by atoms with Crippen molar-refractivity contribution in [2.24, 2.45) is 0 Å². The molecule has 2 rings (SSSR count). The van der Waals surface area contributed by atoms with Crippen LogP contribution in [0.15, 0.2) is 18.2 Å². The van der Waals surface area contributed by atoms with Gasteiger partial charge in [0.2, 0.25) is 5.91 Å². The van der Waals surface area contributed by atoms with E-state index in [0.29, 0.717) is 18.7 Å². The number of hydrogen-bond acceptors (Lipinski definition) is 5. The van der Waals surface area contributed by atoms with Crippen molar-refractivity contribution in [2.45, 2.75) is 6.92 Å². The van der Waals surface area contributed by atoms with Gasteiger partial charge in [-0.3, -0.25) is 19.7 Å². The molecule has 1 aromatic rings. The van der Waals surface area contributed by atoms with Crippen LogP contribution >= 0.6 is 0 Å². The highest BCUT2D eigenvalue weighted by Gasteiger charge is 2.27. The predicted octanol–water partition coefficient (Wildman–Crippen LogP) is 0.407. The molecule has 0 unspecified atom stereocenters. The normalized spacial score (nSPS) is 14.4. The summed E-state index contributed by atoms with van der Waals surface area (Å²) in [6.07, 6.45) is 0. The second-order valence-corrected chi connectivity index (χ2v) is 5.52. The highest BCUT2D eigenvalue weighted by atomic mass is 16.6. The highest BCUT2D eigenvalue weighted by molar-refractivity contribution is 6.01. The van der Waals surface area contributed by atoms with Crippen LogP contribution < -0.4 is 5.32 Å². The molecule has 124 valence electrons. The third-order valence-electron chi connectivity index (χ3n) is 3.85. The summed E-state index contributed by atoms with van der Waals surface area (Å²) >= 11 is 0. The summed E-state index contributed by atoms with van der Waals surface area (Å²) in [5.41, 5.74) is 0.315. The molecule has 0 spiro atoms. The lowest BCUT2D eigenvalue weighted by atomic mass is 10.1. The molecule has 1 fully saturated rings. The van der Waals surface area contributed by atoms with Gasteiger partial charge in [0.1, 0.15) is 5.56 Å². The number of carbonyl (C=O) groups excluding carboxylic acids is 2. The quantitative estimate of drug-likeness (QED) is 0.640. The lowest BCUT2D eigenvalue weighted by Crippen LogP contribution is -2.49. The number of aryl methyl sites for hydroxylation is 1. The van der Waals surface area contributed by atoms with E-state index < -0.39 is 10.8 Å². The summed E-state index contributed by atoms with van der Waals surface area (Å²) in [4.78, 5) is 38.2. The van der Waals surface area contributed by atoms with Gasteiger partial charge in [-0.2, -0.15) is 0 Å². The summed E-state index contributed by atoms with van der Waals surface area (Å²) in [5, 5.41) is 14.3. The van der Waals surface area contributed by atoms with Gasteiger partial charge >= 0.3 is 0 Å². The summed E-state index contributed by atoms with van der Waals surface area (Å²) in [6.45, 7) is 4.21. The molecular formula is C15H20N4O4. The number of nitrogens with one attached hydrogen (secondary N) is 1. The van der Waals surface area contributed by atoms with Crippen molar-refractivity contribution in [3.05, 3.63) is 39.4 Å². The average Bonchev–Trinajstić information content (AvgIpc) is 2.54. The van der Waals surface area contributed by atoms with Crippen molar-refractivity contribution in [1.82, 2.24) is 15.1 Å². The summed E-state index contributed by atoms with van der Waals surface area (Å²) in [5.74, 6) is -0.670. The van der Waals surface area contributed by atoms with E-state index in [1.165, 1.54) is 24.1 Å². The van der Waals surface area contributed by atoms with E-state index >= 15 is 0 Å². The first-order valence-corrected chi connectivity index (χ1v) is 7.39. The Bertz CT molecular complexity index is 626. The van der Waals surface area contributed by atoms with Crippen molar-refractivity contribution in [2.75, 3.05) is 39.8 Å². The fraction of sp³-hybridized carbons (Fsp3) is 0.467. The van der Waals surface area contributed by atoms with Gasteiger partial charge in [0, 0.05) is 39.3 Å². The van der Waals surface area contributed by atoms with Gasteiger partial charge in [-0.15, -0.1) is 0 Å². The number of benzene rings is 1. The zero-order chi connectivity index (χ0) is 17.0. The van der Waals surface area contributed by atoms with Crippen molar-refractivity contribution >= 4 is 17.5 Å². The van der Waals surface area contributed by atoms with Crippen LogP contribution in [0.5, 0.6) is 0 Å². The highest BCUT2D eigenvalue weighted by Crippen LogP contribution is 2.23. The molecule has 1 aliphatic rings. The van der Waals surface area contributed by atoms with E-state index in [1.54, 1.807) is 17.9 Å². The van der Waals surface area contributed by atoms with E-state index in [4.69, 9.17) is 0 Å². The summed E-state index contributed by atoms with van der Waals surface area (Å²) in [7, 11) is 1.48. The fourth-order valence-electron chi connectivity index (χ4n) is 2.56. The smallest absolute Gasteiger partial charge is 0.282 e. The maximum Gasteiger partial charge on any atom is 0.282 e. The second-order valence-electron chi connectivity index (χ2n) is 5.52. The van der Waals surface area contributed by atoms with Crippen molar-refractivity contribution in [3.8, 4) is 0 Å². The number of nitrogens with zero attached hydrogens (tertiary/aromatic N) is 3. The minimum atomic E-state index is -0.577. The average molecular weight is 320 g/mol. The van der Waals surface area contributed by atoms with Crippen molar-refractivity contribution in [3.63, 3.8) is 0 Å². The van der Waals surface area contributed by atoms with Crippen molar-refractivity contribution in [1.29, 1.82) is 0 Å². The summed E-state index contributed by atoms with van der Waals surface area (Å²) in [6, 6.07) is 4.48. The minimum Gasteiger partial charge on any atom is -0.339 e. The maximum atomic E-state index is 12.5. The van der Waals surface area contributed by atoms with Gasteiger partial charge < -0.3 is 15.1 Å². The number of likely N-dealkylation sites (N-methyl/N-ethyl adjacent to an activating group) is 1. The molecule has 0 saturated carbocycles. The number of amides is 2. The number of nitro groups is 1. The van der Waals surface area contributed by atoms with Gasteiger partial charge in [-0.1, -0.05) is 12.1 Å². The Morgan fingerprint density at radius 3 is 2.61 bits per heavy atom. The van der Waals surface area contributed by atoms with Crippen LogP contribution in [0.3, 0.4) is 0 Å². The Hall–Kier alpha value is -2.48. The van der Waals surface area contributed by atoms with Crippen LogP contribution in [0, 0.1) is 17.0 Å². The lowest BCUT2D eigenvalue weighted by Gasteiger charge is -2.29. The molecule has 0 radical (unpaired) electrons. The first-order valence-electron chi connectivity index (χ1n) is 7.39. The first-order chi connectivity index (χ1) is 10.9. The number of piperazine rings is 1. The van der Waals surface area contributed by atoms with E-state index in [2.05, 4.69) is 5.32 Å². The van der Waals surface area contributed by atoms with Crippen LogP contribution in [-0.2, 0) is 4.79 Å². The van der Waals surface area contributed by atoms with Gasteiger partial charge in [-0.25, -0.2) is 0 Å². The van der Waals surface area contributed by atoms with Crippen LogP contribution in [0.1, 0.15) is 15.9 Å². The SMILES string of the molecule is Cc1cccc([N+](=O)[O-])c1C(=O)N(C)CC(=O)N1CCNCC1. The molecular weight excluding hydrogens is 300 g/mol. The minimum absolute atomic E-state index is 0.0353. The van der Waals surface area contributed by atoms with Crippen LogP contribution in [-0.4, -0.2) is 66.3 Å². The Balaban J connectivity index is 2.14. The van der Waals surface area contributed by atoms with E-state index in [0.717, 1.165) is 13.1 Å². The summed E-state index contributed by atoms with van der Waals surface area (Å²) < 4.78 is 0. The Kier molecular flexibility index (Phi) is 5.28. The maximum absolute atomic E-state index is 12.5. The fourth-order valence-corrected chi connectivity index (χ4v) is 2.56. The van der Waals surface area contributed by atoms with Gasteiger partial charge in [0.15, 0.2) is 0 Å². The zero-order valence-corrected chi connectivity index (χ0v) is 13.2. The van der Waals surface area contributed by atoms with E-state index in [9.17, 15) is 19.7 Å². The first kappa shape index (κ1) is 16.9. The predicted molar refractivity (Wildman–Crippen MR) is 84.2 cm³/mol. The van der Waals surface area contributed by atoms with E-state index in [1.807, 2.05) is 0 Å². The number of hydrogen-bond donors (Lipinski definition) is 1. The van der Waals surface area contributed by atoms with Gasteiger partial charge in [0.25, 0.3) is 11.6 Å². The molecule has 1 N–H and O–H groups in total. The molecule has 0 aliphatic carbocycles. The molecule has 1 aromatic carbocycles. The molecule has 23 heavy (non-hydrogen) atoms. The van der Waals surface area contributed by atoms with E-state index in [-0.39, 0.29) is 23.7 Å². The molecule has 2 amide bonds. The molecule has 8 heteroatoms. The molecule has 0 atom stereocenters. The third-order valence-corrected chi connectivity index (χ3v) is 3.85. The van der Waals surface area contributed by atoms with Crippen molar-refractivity contribution < 1.29 is 14.5 Å². The monoisotopic (exact) mass is 320 g/mol. The third kappa shape index (κ3) is 3.84. The Morgan fingerprint density at radius 1 is 1.35 bits per heavy atom. The number of carbonyl (C=O) groups is 2. The molecule has 1 saturated heterocycles. The Labute approximate surface area is 134 Å². The van der Waals surface area contributed by atoms with Crippen LogP contribution in [0.2, 0.25) is 0 Å². The zero-order valence-electron chi connectivity index (χ0n) is 13.2. The van der Waals surface area contributed by atoms with Crippen LogP contribution in [0.25, 0.3) is 0 Å².